The molecule has 2 heterocycles. The van der Waals surface area contributed by atoms with Crippen LogP contribution in [0.2, 0.25) is 0 Å². The predicted octanol–water partition coefficient (Wildman–Crippen LogP) is 0.749. The van der Waals surface area contributed by atoms with Crippen molar-refractivity contribution in [2.24, 2.45) is 0 Å². The maximum atomic E-state index is 12.7. The number of fused-ring (bicyclic) bond motifs is 1. The van der Waals surface area contributed by atoms with Gasteiger partial charge in [-0.1, -0.05) is 6.07 Å². The standard InChI is InChI=1S/C16H19N3O4/c1-19-15(21)12-10-11(3-5-14(20)18-22)2-4-13(12)23-16(19)6-8-17-9-7-16/h2-5,10,17,22H,6-9H2,1H3,(H,18,20). The maximum Gasteiger partial charge on any atom is 0.267 e. The number of hydroxylamine groups is 1. The molecule has 7 nitrogen and oxygen atoms in total. The van der Waals surface area contributed by atoms with E-state index < -0.39 is 11.6 Å². The van der Waals surface area contributed by atoms with Crippen LogP contribution in [0.15, 0.2) is 24.3 Å². The molecule has 2 aliphatic rings. The van der Waals surface area contributed by atoms with Crippen molar-refractivity contribution in [3.05, 3.63) is 35.4 Å². The molecule has 0 unspecified atom stereocenters. The Bertz CT molecular complexity index is 665. The zero-order valence-corrected chi connectivity index (χ0v) is 12.8. The van der Waals surface area contributed by atoms with E-state index in [2.05, 4.69) is 5.32 Å². The first-order valence-electron chi connectivity index (χ1n) is 7.50. The molecule has 0 saturated carbocycles. The molecule has 1 aromatic rings. The topological polar surface area (TPSA) is 90.9 Å². The van der Waals surface area contributed by atoms with Crippen LogP contribution >= 0.6 is 0 Å². The molecule has 1 fully saturated rings. The van der Waals surface area contributed by atoms with Gasteiger partial charge in [-0.2, -0.15) is 0 Å². The molecule has 7 heteroatoms. The molecule has 1 saturated heterocycles. The number of nitrogens with zero attached hydrogens (tertiary/aromatic N) is 1. The number of hydrogen-bond donors (Lipinski definition) is 3. The summed E-state index contributed by atoms with van der Waals surface area (Å²) in [4.78, 5) is 25.4. The molecule has 0 aromatic heterocycles. The summed E-state index contributed by atoms with van der Waals surface area (Å²) in [6, 6.07) is 5.21. The summed E-state index contributed by atoms with van der Waals surface area (Å²) >= 11 is 0. The van der Waals surface area contributed by atoms with E-state index in [1.807, 2.05) is 0 Å². The number of benzene rings is 1. The second-order valence-corrected chi connectivity index (χ2v) is 5.73. The zero-order valence-electron chi connectivity index (χ0n) is 12.8. The van der Waals surface area contributed by atoms with Crippen molar-refractivity contribution in [3.63, 3.8) is 0 Å². The van der Waals surface area contributed by atoms with Crippen LogP contribution in [0.3, 0.4) is 0 Å². The van der Waals surface area contributed by atoms with Crippen LogP contribution in [0, 0.1) is 0 Å². The summed E-state index contributed by atoms with van der Waals surface area (Å²) in [6.45, 7) is 1.62. The number of carbonyl (C=O) groups excluding carboxylic acids is 2. The third-order valence-electron chi connectivity index (χ3n) is 4.37. The number of hydrogen-bond acceptors (Lipinski definition) is 5. The molecule has 3 N–H and O–H groups in total. The summed E-state index contributed by atoms with van der Waals surface area (Å²) < 4.78 is 6.17. The van der Waals surface area contributed by atoms with Crippen molar-refractivity contribution in [2.45, 2.75) is 18.6 Å². The highest BCUT2D eigenvalue weighted by Crippen LogP contribution is 2.37. The van der Waals surface area contributed by atoms with Crippen LogP contribution in [-0.2, 0) is 4.79 Å². The predicted molar refractivity (Wildman–Crippen MR) is 83.0 cm³/mol. The number of ether oxygens (including phenoxy) is 1. The zero-order chi connectivity index (χ0) is 16.4. The first-order valence-corrected chi connectivity index (χ1v) is 7.50. The minimum atomic E-state index is -0.629. The lowest BCUT2D eigenvalue weighted by molar-refractivity contribution is -0.124. The third kappa shape index (κ3) is 2.80. The summed E-state index contributed by atoms with van der Waals surface area (Å²) in [7, 11) is 1.76. The Kier molecular flexibility index (Phi) is 4.06. The van der Waals surface area contributed by atoms with Crippen molar-refractivity contribution >= 4 is 17.9 Å². The van der Waals surface area contributed by atoms with Gasteiger partial charge in [-0.3, -0.25) is 14.8 Å². The summed E-state index contributed by atoms with van der Waals surface area (Å²) in [5.74, 6) is -0.148. The molecule has 2 amide bonds. The van der Waals surface area contributed by atoms with Gasteiger partial charge in [-0.25, -0.2) is 5.48 Å². The second-order valence-electron chi connectivity index (χ2n) is 5.73. The fourth-order valence-electron chi connectivity index (χ4n) is 3.01. The molecule has 2 aliphatic heterocycles. The van der Waals surface area contributed by atoms with E-state index in [1.54, 1.807) is 30.1 Å². The van der Waals surface area contributed by atoms with E-state index in [4.69, 9.17) is 9.94 Å². The Balaban J connectivity index is 1.91. The van der Waals surface area contributed by atoms with E-state index in [0.29, 0.717) is 16.9 Å². The van der Waals surface area contributed by atoms with E-state index in [9.17, 15) is 9.59 Å². The van der Waals surface area contributed by atoms with Crippen molar-refractivity contribution in [2.75, 3.05) is 20.1 Å². The Labute approximate surface area is 133 Å². The van der Waals surface area contributed by atoms with Crippen molar-refractivity contribution < 1.29 is 19.5 Å². The molecular formula is C16H19N3O4. The molecule has 0 aliphatic carbocycles. The molecule has 0 bridgehead atoms. The van der Waals surface area contributed by atoms with Gasteiger partial charge in [0.05, 0.1) is 5.56 Å². The van der Waals surface area contributed by atoms with Gasteiger partial charge >= 0.3 is 0 Å². The molecule has 3 rings (SSSR count). The number of piperidine rings is 1. The van der Waals surface area contributed by atoms with Crippen LogP contribution in [0.4, 0.5) is 0 Å². The lowest BCUT2D eigenvalue weighted by atomic mass is 9.95. The molecule has 0 atom stereocenters. The summed E-state index contributed by atoms with van der Waals surface area (Å²) in [6.07, 6.45) is 4.20. The Morgan fingerprint density at radius 2 is 2.17 bits per heavy atom. The highest BCUT2D eigenvalue weighted by atomic mass is 16.5. The minimum Gasteiger partial charge on any atom is -0.467 e. The van der Waals surface area contributed by atoms with Crippen molar-refractivity contribution in [3.8, 4) is 5.75 Å². The lowest BCUT2D eigenvalue weighted by Gasteiger charge is -2.47. The quantitative estimate of drug-likeness (QED) is 0.425. The highest BCUT2D eigenvalue weighted by molar-refractivity contribution is 5.99. The largest absolute Gasteiger partial charge is 0.467 e. The third-order valence-corrected chi connectivity index (χ3v) is 4.37. The average Bonchev–Trinajstić information content (AvgIpc) is 2.59. The van der Waals surface area contributed by atoms with Crippen LogP contribution < -0.4 is 15.5 Å². The molecular weight excluding hydrogens is 298 g/mol. The van der Waals surface area contributed by atoms with Gasteiger partial charge in [0.1, 0.15) is 5.75 Å². The summed E-state index contributed by atoms with van der Waals surface area (Å²) in [5, 5.41) is 11.8. The number of amides is 2. The molecule has 1 aromatic carbocycles. The van der Waals surface area contributed by atoms with Crippen molar-refractivity contribution in [1.82, 2.24) is 15.7 Å². The van der Waals surface area contributed by atoms with Gasteiger partial charge in [0.25, 0.3) is 11.8 Å². The molecule has 122 valence electrons. The summed E-state index contributed by atoms with van der Waals surface area (Å²) in [5.41, 5.74) is 2.10. The first-order chi connectivity index (χ1) is 11.1. The van der Waals surface area contributed by atoms with E-state index >= 15 is 0 Å². The fourth-order valence-corrected chi connectivity index (χ4v) is 3.01. The van der Waals surface area contributed by atoms with E-state index in [1.165, 1.54) is 17.6 Å². The second kappa shape index (κ2) is 6.02. The number of nitrogens with one attached hydrogen (secondary N) is 2. The first kappa shape index (κ1) is 15.5. The number of rotatable bonds is 2. The maximum absolute atomic E-state index is 12.7. The normalized spacial score (nSPS) is 19.6. The van der Waals surface area contributed by atoms with Gasteiger partial charge in [-0.15, -0.1) is 0 Å². The Morgan fingerprint density at radius 3 is 2.87 bits per heavy atom. The van der Waals surface area contributed by atoms with Crippen molar-refractivity contribution in [1.29, 1.82) is 0 Å². The highest BCUT2D eigenvalue weighted by Gasteiger charge is 2.45. The van der Waals surface area contributed by atoms with Gasteiger partial charge in [0, 0.05) is 39.1 Å². The van der Waals surface area contributed by atoms with Crippen LogP contribution in [-0.4, -0.2) is 47.8 Å². The molecule has 0 radical (unpaired) electrons. The Morgan fingerprint density at radius 1 is 1.43 bits per heavy atom. The lowest BCUT2D eigenvalue weighted by Crippen LogP contribution is -2.61. The SMILES string of the molecule is CN1C(=O)c2cc(C=CC(=O)NO)ccc2OC12CCNCC2. The van der Waals surface area contributed by atoms with Gasteiger partial charge in [0.2, 0.25) is 0 Å². The Hall–Kier alpha value is -2.38. The molecule has 23 heavy (non-hydrogen) atoms. The van der Waals surface area contributed by atoms with Crippen LogP contribution in [0.5, 0.6) is 5.75 Å². The number of carbonyl (C=O) groups is 2. The molecule has 1 spiro atoms. The van der Waals surface area contributed by atoms with Gasteiger partial charge in [-0.05, 0) is 23.8 Å². The monoisotopic (exact) mass is 317 g/mol. The minimum absolute atomic E-state index is 0.0880. The van der Waals surface area contributed by atoms with E-state index in [0.717, 1.165) is 25.9 Å². The van der Waals surface area contributed by atoms with Gasteiger partial charge in [0.15, 0.2) is 5.72 Å². The van der Waals surface area contributed by atoms with Crippen LogP contribution in [0.1, 0.15) is 28.8 Å². The van der Waals surface area contributed by atoms with Crippen LogP contribution in [0.25, 0.3) is 6.08 Å². The van der Waals surface area contributed by atoms with Gasteiger partial charge < -0.3 is 15.0 Å². The smallest absolute Gasteiger partial charge is 0.267 e. The fraction of sp³-hybridized carbons (Fsp3) is 0.375. The van der Waals surface area contributed by atoms with E-state index in [-0.39, 0.29) is 5.91 Å². The average molecular weight is 317 g/mol.